The standard InChI is InChI=1S/C34H37N2O2P/c1-27(37)35-22-21-28-26-36-34-20-19-29(25-33(28)34)38-23-11-12-24-39(30-13-5-2-6-14-30,31-15-7-3-8-16-31)32-17-9-4-10-18-32/h2-10,13-20,25-26,36,39H,11-12,21-24H2,1H3,(H,35,37). The van der Waals surface area contributed by atoms with Crippen molar-refractivity contribution in [2.45, 2.75) is 26.2 Å². The molecule has 0 aliphatic heterocycles. The van der Waals surface area contributed by atoms with E-state index < -0.39 is 7.26 Å². The topological polar surface area (TPSA) is 54.1 Å². The SMILES string of the molecule is CC(=O)NCCc1c[nH]c2ccc(OCCCC[PH](c3ccccc3)(c3ccccc3)c3ccccc3)cc12. The number of rotatable bonds is 12. The number of aromatic amines is 1. The molecular formula is C34H37N2O2P. The quantitative estimate of drug-likeness (QED) is 0.158. The molecule has 5 rings (SSSR count). The molecule has 0 saturated heterocycles. The summed E-state index contributed by atoms with van der Waals surface area (Å²) >= 11 is 0. The molecule has 5 heteroatoms. The molecule has 0 unspecified atom stereocenters. The van der Waals surface area contributed by atoms with E-state index in [9.17, 15) is 4.79 Å². The Labute approximate surface area is 231 Å². The molecule has 2 N–H and O–H groups in total. The van der Waals surface area contributed by atoms with Crippen molar-refractivity contribution in [3.63, 3.8) is 0 Å². The van der Waals surface area contributed by atoms with Gasteiger partial charge in [0, 0.05) is 6.92 Å². The monoisotopic (exact) mass is 536 g/mol. The number of ether oxygens (including phenoxy) is 1. The van der Waals surface area contributed by atoms with Crippen LogP contribution in [0, 0.1) is 0 Å². The summed E-state index contributed by atoms with van der Waals surface area (Å²) in [6.07, 6.45) is 6.01. The molecule has 5 aromatic rings. The van der Waals surface area contributed by atoms with Crippen LogP contribution in [0.1, 0.15) is 25.3 Å². The molecule has 0 fully saturated rings. The molecule has 1 amide bonds. The van der Waals surface area contributed by atoms with Crippen LogP contribution in [0.2, 0.25) is 0 Å². The average molecular weight is 537 g/mol. The number of amides is 1. The first-order valence-electron chi connectivity index (χ1n) is 13.8. The maximum atomic E-state index is 11.2. The summed E-state index contributed by atoms with van der Waals surface area (Å²) in [7, 11) is -2.20. The van der Waals surface area contributed by atoms with Crippen LogP contribution in [-0.4, -0.2) is 30.2 Å². The third kappa shape index (κ3) is 6.24. The van der Waals surface area contributed by atoms with Crippen LogP contribution in [0.3, 0.4) is 0 Å². The van der Waals surface area contributed by atoms with Crippen LogP contribution in [0.25, 0.3) is 10.9 Å². The fourth-order valence-electron chi connectivity index (χ4n) is 5.61. The van der Waals surface area contributed by atoms with Gasteiger partial charge in [-0.25, -0.2) is 0 Å². The van der Waals surface area contributed by atoms with Gasteiger partial charge in [-0.3, -0.25) is 4.79 Å². The van der Waals surface area contributed by atoms with Gasteiger partial charge in [-0.1, -0.05) is 0 Å². The van der Waals surface area contributed by atoms with Crippen molar-refractivity contribution in [2.24, 2.45) is 0 Å². The van der Waals surface area contributed by atoms with E-state index in [0.29, 0.717) is 13.2 Å². The van der Waals surface area contributed by atoms with E-state index in [2.05, 4.69) is 113 Å². The van der Waals surface area contributed by atoms with Crippen molar-refractivity contribution in [1.29, 1.82) is 0 Å². The van der Waals surface area contributed by atoms with Crippen molar-refractivity contribution in [3.05, 3.63) is 121 Å². The zero-order chi connectivity index (χ0) is 26.9. The molecule has 0 aliphatic carbocycles. The van der Waals surface area contributed by atoms with E-state index in [1.54, 1.807) is 6.92 Å². The van der Waals surface area contributed by atoms with Crippen LogP contribution in [0.4, 0.5) is 0 Å². The van der Waals surface area contributed by atoms with Gasteiger partial charge in [0.1, 0.15) is 0 Å². The Morgan fingerprint density at radius 2 is 1.38 bits per heavy atom. The van der Waals surface area contributed by atoms with Gasteiger partial charge in [0.05, 0.1) is 0 Å². The van der Waals surface area contributed by atoms with Crippen LogP contribution in [0.5, 0.6) is 5.75 Å². The molecule has 200 valence electrons. The Hall–Kier alpha value is -3.88. The Balaban J connectivity index is 1.30. The summed E-state index contributed by atoms with van der Waals surface area (Å²) in [6, 6.07) is 39.5. The maximum absolute atomic E-state index is 11.2. The Morgan fingerprint density at radius 1 is 0.795 bits per heavy atom. The molecule has 1 aromatic heterocycles. The van der Waals surface area contributed by atoms with E-state index >= 15 is 0 Å². The van der Waals surface area contributed by atoms with Crippen molar-refractivity contribution in [1.82, 2.24) is 10.3 Å². The number of carbonyl (C=O) groups excluding carboxylic acids is 1. The molecule has 0 radical (unpaired) electrons. The van der Waals surface area contributed by atoms with Crippen molar-refractivity contribution in [3.8, 4) is 5.75 Å². The van der Waals surface area contributed by atoms with Gasteiger partial charge < -0.3 is 0 Å². The van der Waals surface area contributed by atoms with E-state index in [1.165, 1.54) is 21.5 Å². The fourth-order valence-corrected chi connectivity index (χ4v) is 10.5. The summed E-state index contributed by atoms with van der Waals surface area (Å²) in [5, 5.41) is 8.39. The second kappa shape index (κ2) is 12.8. The van der Waals surface area contributed by atoms with Crippen LogP contribution in [0.15, 0.2) is 115 Å². The summed E-state index contributed by atoms with van der Waals surface area (Å²) in [5.41, 5.74) is 2.28. The minimum atomic E-state index is -2.20. The summed E-state index contributed by atoms with van der Waals surface area (Å²) in [4.78, 5) is 14.6. The molecule has 0 spiro atoms. The second-order valence-corrected chi connectivity index (χ2v) is 14.1. The third-order valence-electron chi connectivity index (χ3n) is 7.52. The zero-order valence-corrected chi connectivity index (χ0v) is 23.5. The zero-order valence-electron chi connectivity index (χ0n) is 22.5. The first-order valence-corrected chi connectivity index (χ1v) is 16.0. The normalized spacial score (nSPS) is 11.8. The number of nitrogens with one attached hydrogen (secondary N) is 2. The van der Waals surface area contributed by atoms with Crippen molar-refractivity contribution < 1.29 is 9.53 Å². The molecule has 1 heterocycles. The Bertz CT molecular complexity index is 1390. The predicted octanol–water partition coefficient (Wildman–Crippen LogP) is 5.73. The van der Waals surface area contributed by atoms with Gasteiger partial charge in [-0.05, 0) is 0 Å². The summed E-state index contributed by atoms with van der Waals surface area (Å²) in [5.74, 6) is 0.887. The Kier molecular flexibility index (Phi) is 8.75. The summed E-state index contributed by atoms with van der Waals surface area (Å²) < 4.78 is 6.24. The predicted molar refractivity (Wildman–Crippen MR) is 167 cm³/mol. The van der Waals surface area contributed by atoms with Crippen molar-refractivity contribution in [2.75, 3.05) is 19.3 Å². The second-order valence-electron chi connectivity index (χ2n) is 10.1. The van der Waals surface area contributed by atoms with Gasteiger partial charge in [0.15, 0.2) is 0 Å². The van der Waals surface area contributed by atoms with Gasteiger partial charge in [-0.15, -0.1) is 0 Å². The number of fused-ring (bicyclic) bond motifs is 1. The molecule has 0 bridgehead atoms. The number of unbranched alkanes of at least 4 members (excludes halogenated alkanes) is 1. The minimum absolute atomic E-state index is 0.00210. The van der Waals surface area contributed by atoms with Gasteiger partial charge in [0.25, 0.3) is 0 Å². The molecule has 4 nitrogen and oxygen atoms in total. The molecular weight excluding hydrogens is 499 g/mol. The number of benzene rings is 4. The first-order chi connectivity index (χ1) is 19.2. The fraction of sp³-hybridized carbons (Fsp3) is 0.206. The number of H-pyrrole nitrogens is 1. The molecule has 0 atom stereocenters. The molecule has 4 aromatic carbocycles. The molecule has 0 saturated carbocycles. The number of hydrogen-bond donors (Lipinski definition) is 2. The number of hydrogen-bond acceptors (Lipinski definition) is 2. The van der Waals surface area contributed by atoms with E-state index in [1.807, 2.05) is 12.3 Å². The third-order valence-corrected chi connectivity index (χ3v) is 12.6. The van der Waals surface area contributed by atoms with E-state index in [-0.39, 0.29) is 5.91 Å². The van der Waals surface area contributed by atoms with Crippen molar-refractivity contribution >= 4 is 40.0 Å². The van der Waals surface area contributed by atoms with E-state index in [4.69, 9.17) is 4.74 Å². The first kappa shape index (κ1) is 26.7. The van der Waals surface area contributed by atoms with Gasteiger partial charge >= 0.3 is 214 Å². The van der Waals surface area contributed by atoms with Gasteiger partial charge in [-0.2, -0.15) is 0 Å². The number of aromatic nitrogens is 1. The van der Waals surface area contributed by atoms with E-state index in [0.717, 1.165) is 42.1 Å². The Morgan fingerprint density at radius 3 is 1.95 bits per heavy atom. The average Bonchev–Trinajstić information content (AvgIpc) is 3.38. The van der Waals surface area contributed by atoms with Gasteiger partial charge in [0.2, 0.25) is 5.91 Å². The van der Waals surface area contributed by atoms with Crippen LogP contribution < -0.4 is 26.0 Å². The summed E-state index contributed by atoms with van der Waals surface area (Å²) in [6.45, 7) is 2.86. The molecule has 0 aliphatic rings. The molecule has 39 heavy (non-hydrogen) atoms. The van der Waals surface area contributed by atoms with Crippen LogP contribution >= 0.6 is 7.26 Å². The number of carbonyl (C=O) groups is 1. The van der Waals surface area contributed by atoms with Crippen LogP contribution in [-0.2, 0) is 11.2 Å².